The van der Waals surface area contributed by atoms with E-state index in [1.165, 1.54) is 0 Å². The molecule has 0 aliphatic rings. The Morgan fingerprint density at radius 1 is 1.04 bits per heavy atom. The molecule has 0 aliphatic carbocycles. The lowest BCUT2D eigenvalue weighted by Crippen LogP contribution is -2.36. The largest absolute Gasteiger partial charge is 0.496 e. The van der Waals surface area contributed by atoms with Crippen molar-refractivity contribution in [1.29, 1.82) is 0 Å². The molecule has 0 saturated heterocycles. The molecular weight excluding hydrogens is 354 g/mol. The van der Waals surface area contributed by atoms with Crippen LogP contribution in [-0.2, 0) is 13.1 Å². The van der Waals surface area contributed by atoms with Gasteiger partial charge in [0.1, 0.15) is 12.4 Å². The summed E-state index contributed by atoms with van der Waals surface area (Å²) in [5.41, 5.74) is 2.05. The highest BCUT2D eigenvalue weighted by atomic mass is 16.5. The van der Waals surface area contributed by atoms with Crippen molar-refractivity contribution in [3.05, 3.63) is 53.6 Å². The molecule has 0 fully saturated rings. The minimum Gasteiger partial charge on any atom is -0.496 e. The third-order valence-electron chi connectivity index (χ3n) is 3.94. The minimum atomic E-state index is 0.187. The van der Waals surface area contributed by atoms with E-state index in [0.29, 0.717) is 24.6 Å². The average molecular weight is 381 g/mol. The summed E-state index contributed by atoms with van der Waals surface area (Å²) < 4.78 is 16.2. The van der Waals surface area contributed by atoms with Gasteiger partial charge in [0.25, 0.3) is 0 Å². The predicted octanol–water partition coefficient (Wildman–Crippen LogP) is 2.97. The van der Waals surface area contributed by atoms with Crippen LogP contribution >= 0.6 is 0 Å². The summed E-state index contributed by atoms with van der Waals surface area (Å²) >= 11 is 0. The van der Waals surface area contributed by atoms with Gasteiger partial charge in [0, 0.05) is 18.7 Å². The van der Waals surface area contributed by atoms with E-state index in [0.717, 1.165) is 29.4 Å². The Hall–Kier alpha value is -3.33. The first-order valence-electron chi connectivity index (χ1n) is 9.09. The fourth-order valence-corrected chi connectivity index (χ4v) is 2.59. The number of terminal acetylenes is 1. The van der Waals surface area contributed by atoms with Gasteiger partial charge >= 0.3 is 0 Å². The van der Waals surface area contributed by atoms with E-state index in [1.807, 2.05) is 49.4 Å². The van der Waals surface area contributed by atoms with Gasteiger partial charge < -0.3 is 24.8 Å². The molecule has 6 heteroatoms. The number of hydrogen-bond donors (Lipinski definition) is 2. The summed E-state index contributed by atoms with van der Waals surface area (Å²) in [6, 6.07) is 13.6. The first-order chi connectivity index (χ1) is 13.7. The van der Waals surface area contributed by atoms with Crippen LogP contribution in [0.2, 0.25) is 0 Å². The van der Waals surface area contributed by atoms with Gasteiger partial charge in [0.15, 0.2) is 17.5 Å². The maximum atomic E-state index is 5.55. The molecule has 6 nitrogen and oxygen atoms in total. The van der Waals surface area contributed by atoms with E-state index in [2.05, 4.69) is 21.5 Å². The summed E-state index contributed by atoms with van der Waals surface area (Å²) in [6.45, 7) is 4.06. The molecule has 0 heterocycles. The quantitative estimate of drug-likeness (QED) is 0.397. The summed E-state index contributed by atoms with van der Waals surface area (Å²) in [4.78, 5) is 4.65. The van der Waals surface area contributed by atoms with Crippen LogP contribution in [0.4, 0.5) is 0 Å². The van der Waals surface area contributed by atoms with Gasteiger partial charge in [0.2, 0.25) is 0 Å². The zero-order valence-electron chi connectivity index (χ0n) is 16.6. The fraction of sp³-hybridized carbons (Fsp3) is 0.318. The molecule has 0 amide bonds. The molecular formula is C22H27N3O3. The Bertz CT molecular complexity index is 828. The lowest BCUT2D eigenvalue weighted by Gasteiger charge is -2.14. The first kappa shape index (κ1) is 21.0. The molecule has 0 aliphatic heterocycles. The van der Waals surface area contributed by atoms with Gasteiger partial charge in [0.05, 0.1) is 20.8 Å². The number of nitrogens with one attached hydrogen (secondary N) is 2. The van der Waals surface area contributed by atoms with Crippen LogP contribution in [-0.4, -0.2) is 33.3 Å². The third-order valence-corrected chi connectivity index (χ3v) is 3.94. The molecule has 148 valence electrons. The lowest BCUT2D eigenvalue weighted by atomic mass is 10.2. The maximum Gasteiger partial charge on any atom is 0.191 e. The normalized spacial score (nSPS) is 10.7. The van der Waals surface area contributed by atoms with Crippen LogP contribution in [0, 0.1) is 12.3 Å². The van der Waals surface area contributed by atoms with E-state index in [1.54, 1.807) is 14.2 Å². The fourth-order valence-electron chi connectivity index (χ4n) is 2.59. The Kier molecular flexibility index (Phi) is 8.54. The predicted molar refractivity (Wildman–Crippen MR) is 112 cm³/mol. The van der Waals surface area contributed by atoms with Crippen LogP contribution < -0.4 is 24.8 Å². The molecule has 0 radical (unpaired) electrons. The Morgan fingerprint density at radius 2 is 1.82 bits per heavy atom. The molecule has 0 bridgehead atoms. The Balaban J connectivity index is 2.08. The number of rotatable bonds is 9. The van der Waals surface area contributed by atoms with Crippen LogP contribution in [0.1, 0.15) is 18.1 Å². The summed E-state index contributed by atoms with van der Waals surface area (Å²) in [6.07, 6.45) is 5.28. The molecule has 0 unspecified atom stereocenters. The number of methoxy groups -OCH3 is 2. The summed E-state index contributed by atoms with van der Waals surface area (Å²) in [5.74, 6) is 5.28. The molecule has 0 saturated carbocycles. The molecule has 2 N–H and O–H groups in total. The highest BCUT2D eigenvalue weighted by Crippen LogP contribution is 2.28. The van der Waals surface area contributed by atoms with Gasteiger partial charge in [-0.15, -0.1) is 6.42 Å². The molecule has 0 aromatic heterocycles. The Labute approximate surface area is 166 Å². The zero-order valence-corrected chi connectivity index (χ0v) is 16.6. The molecule has 2 aromatic rings. The van der Waals surface area contributed by atoms with Crippen molar-refractivity contribution in [1.82, 2.24) is 10.6 Å². The van der Waals surface area contributed by atoms with E-state index in [-0.39, 0.29) is 6.61 Å². The molecule has 0 atom stereocenters. The van der Waals surface area contributed by atoms with Crippen molar-refractivity contribution in [3.63, 3.8) is 0 Å². The van der Waals surface area contributed by atoms with E-state index in [9.17, 15) is 0 Å². The highest BCUT2D eigenvalue weighted by molar-refractivity contribution is 5.79. The van der Waals surface area contributed by atoms with Gasteiger partial charge in [-0.25, -0.2) is 4.99 Å². The van der Waals surface area contributed by atoms with Crippen molar-refractivity contribution in [2.45, 2.75) is 20.0 Å². The van der Waals surface area contributed by atoms with Crippen molar-refractivity contribution in [2.75, 3.05) is 27.4 Å². The van der Waals surface area contributed by atoms with Crippen molar-refractivity contribution >= 4 is 5.96 Å². The van der Waals surface area contributed by atoms with Gasteiger partial charge in [-0.3, -0.25) is 0 Å². The smallest absolute Gasteiger partial charge is 0.191 e. The second-order valence-corrected chi connectivity index (χ2v) is 5.84. The summed E-state index contributed by atoms with van der Waals surface area (Å²) in [7, 11) is 3.27. The molecule has 2 rings (SSSR count). The highest BCUT2D eigenvalue weighted by Gasteiger charge is 2.07. The van der Waals surface area contributed by atoms with Crippen molar-refractivity contribution in [3.8, 4) is 29.6 Å². The van der Waals surface area contributed by atoms with Crippen LogP contribution in [0.5, 0.6) is 17.2 Å². The SMILES string of the molecule is C#CCOc1cc(CN=C(NCC)NCc2ccccc2OC)ccc1OC. The number of hydrogen-bond acceptors (Lipinski definition) is 4. The second kappa shape index (κ2) is 11.4. The van der Waals surface area contributed by atoms with E-state index in [4.69, 9.17) is 20.6 Å². The number of aliphatic imine (C=N–C) groups is 1. The molecule has 2 aromatic carbocycles. The average Bonchev–Trinajstić information content (AvgIpc) is 2.74. The van der Waals surface area contributed by atoms with E-state index >= 15 is 0 Å². The number of benzene rings is 2. The third kappa shape index (κ3) is 6.13. The van der Waals surface area contributed by atoms with Gasteiger partial charge in [-0.05, 0) is 30.7 Å². The van der Waals surface area contributed by atoms with Crippen molar-refractivity contribution in [2.24, 2.45) is 4.99 Å². The topological polar surface area (TPSA) is 64.1 Å². The Morgan fingerprint density at radius 3 is 2.54 bits per heavy atom. The number of ether oxygens (including phenoxy) is 3. The monoisotopic (exact) mass is 381 g/mol. The maximum absolute atomic E-state index is 5.55. The van der Waals surface area contributed by atoms with Crippen LogP contribution in [0.25, 0.3) is 0 Å². The van der Waals surface area contributed by atoms with Crippen LogP contribution in [0.15, 0.2) is 47.5 Å². The summed E-state index contributed by atoms with van der Waals surface area (Å²) in [5, 5.41) is 6.58. The minimum absolute atomic E-state index is 0.187. The number of nitrogens with zero attached hydrogens (tertiary/aromatic N) is 1. The van der Waals surface area contributed by atoms with Gasteiger partial charge in [-0.1, -0.05) is 30.2 Å². The zero-order chi connectivity index (χ0) is 20.2. The number of guanidine groups is 1. The van der Waals surface area contributed by atoms with Crippen LogP contribution in [0.3, 0.4) is 0 Å². The first-order valence-corrected chi connectivity index (χ1v) is 9.09. The standard InChI is InChI=1S/C22H27N3O3/c1-5-13-28-21-14-17(11-12-20(21)27-4)15-24-22(23-6-2)25-16-18-9-7-8-10-19(18)26-3/h1,7-12,14H,6,13,15-16H2,2-4H3,(H2,23,24,25). The second-order valence-electron chi connectivity index (χ2n) is 5.84. The molecule has 0 spiro atoms. The van der Waals surface area contributed by atoms with Gasteiger partial charge in [-0.2, -0.15) is 0 Å². The lowest BCUT2D eigenvalue weighted by molar-refractivity contribution is 0.330. The van der Waals surface area contributed by atoms with E-state index < -0.39 is 0 Å². The van der Waals surface area contributed by atoms with Crippen molar-refractivity contribution < 1.29 is 14.2 Å². The molecule has 28 heavy (non-hydrogen) atoms. The number of para-hydroxylation sites is 1.